The zero-order valence-electron chi connectivity index (χ0n) is 12.4. The van der Waals surface area contributed by atoms with E-state index in [2.05, 4.69) is 25.8 Å². The Morgan fingerprint density at radius 1 is 1.10 bits per heavy atom. The Morgan fingerprint density at radius 2 is 1.75 bits per heavy atom. The molecule has 0 saturated heterocycles. The Balaban J connectivity index is 2.25. The van der Waals surface area contributed by atoms with Crippen LogP contribution < -0.4 is 0 Å². The van der Waals surface area contributed by atoms with E-state index in [1.54, 1.807) is 18.0 Å². The van der Waals surface area contributed by atoms with E-state index in [9.17, 15) is 5.11 Å². The highest BCUT2D eigenvalue weighted by atomic mass is 32.2. The molecule has 1 unspecified atom stereocenters. The third-order valence-corrected chi connectivity index (χ3v) is 4.12. The van der Waals surface area contributed by atoms with E-state index in [-0.39, 0.29) is 4.75 Å². The van der Waals surface area contributed by atoms with Crippen LogP contribution in [0.25, 0.3) is 0 Å². The Bertz CT molecular complexity index is 575. The molecule has 0 spiro atoms. The van der Waals surface area contributed by atoms with Crippen LogP contribution >= 0.6 is 11.8 Å². The molecule has 1 N–H and O–H groups in total. The molecular formula is C17H21NOS. The van der Waals surface area contributed by atoms with Crippen LogP contribution in [0.4, 0.5) is 0 Å². The van der Waals surface area contributed by atoms with Crippen LogP contribution in [0.1, 0.15) is 43.6 Å². The number of hydrogen-bond acceptors (Lipinski definition) is 3. The predicted octanol–water partition coefficient (Wildman–Crippen LogP) is 4.36. The number of thioether (sulfide) groups is 1. The fourth-order valence-corrected chi connectivity index (χ4v) is 2.86. The molecule has 2 rings (SSSR count). The van der Waals surface area contributed by atoms with Crippen molar-refractivity contribution >= 4 is 11.8 Å². The van der Waals surface area contributed by atoms with Gasteiger partial charge in [0.15, 0.2) is 0 Å². The average molecular weight is 287 g/mol. The summed E-state index contributed by atoms with van der Waals surface area (Å²) in [6.07, 6.45) is 1.16. The zero-order chi connectivity index (χ0) is 14.8. The first-order valence-electron chi connectivity index (χ1n) is 6.75. The number of nitrogens with zero attached hydrogens (tertiary/aromatic N) is 1. The van der Waals surface area contributed by atoms with E-state index in [0.717, 1.165) is 21.7 Å². The smallest absolute Gasteiger partial charge is 0.106 e. The molecule has 0 aliphatic rings. The van der Waals surface area contributed by atoms with Gasteiger partial charge in [-0.2, -0.15) is 0 Å². The van der Waals surface area contributed by atoms with Gasteiger partial charge < -0.3 is 5.11 Å². The van der Waals surface area contributed by atoms with Gasteiger partial charge in [-0.05, 0) is 24.1 Å². The van der Waals surface area contributed by atoms with Gasteiger partial charge in [-0.3, -0.25) is 0 Å². The SMILES string of the molecule is Cc1cc(C(O)c2ccccc2)cnc1SC(C)(C)C. The fourth-order valence-electron chi connectivity index (χ4n) is 1.96. The number of hydrogen-bond donors (Lipinski definition) is 1. The summed E-state index contributed by atoms with van der Waals surface area (Å²) in [5.74, 6) is 0. The van der Waals surface area contributed by atoms with Crippen molar-refractivity contribution in [2.75, 3.05) is 0 Å². The zero-order valence-corrected chi connectivity index (χ0v) is 13.2. The largest absolute Gasteiger partial charge is 0.384 e. The second-order valence-corrected chi connectivity index (χ2v) is 7.73. The molecule has 20 heavy (non-hydrogen) atoms. The molecule has 3 heteroatoms. The highest BCUT2D eigenvalue weighted by molar-refractivity contribution is 8.00. The van der Waals surface area contributed by atoms with Crippen molar-refractivity contribution in [2.24, 2.45) is 0 Å². The molecule has 2 nitrogen and oxygen atoms in total. The molecule has 0 amide bonds. The van der Waals surface area contributed by atoms with Gasteiger partial charge in [0.25, 0.3) is 0 Å². The summed E-state index contributed by atoms with van der Waals surface area (Å²) in [4.78, 5) is 4.51. The van der Waals surface area contributed by atoms with Gasteiger partial charge in [-0.1, -0.05) is 51.1 Å². The monoisotopic (exact) mass is 287 g/mol. The fraction of sp³-hybridized carbons (Fsp3) is 0.353. The van der Waals surface area contributed by atoms with Crippen molar-refractivity contribution in [1.29, 1.82) is 0 Å². The standard InChI is InChI=1S/C17H21NOS/c1-12-10-14(11-18-16(12)20-17(2,3)4)15(19)13-8-6-5-7-9-13/h5-11,15,19H,1-4H3. The maximum absolute atomic E-state index is 10.4. The summed E-state index contributed by atoms with van der Waals surface area (Å²) in [5.41, 5.74) is 2.84. The van der Waals surface area contributed by atoms with E-state index < -0.39 is 6.10 Å². The third-order valence-electron chi connectivity index (χ3n) is 2.89. The lowest BCUT2D eigenvalue weighted by Crippen LogP contribution is -2.09. The minimum atomic E-state index is -0.615. The Hall–Kier alpha value is -1.32. The molecule has 1 aromatic heterocycles. The summed E-state index contributed by atoms with van der Waals surface area (Å²) in [5, 5.41) is 11.4. The highest BCUT2D eigenvalue weighted by Gasteiger charge is 2.17. The van der Waals surface area contributed by atoms with Gasteiger partial charge in [-0.25, -0.2) is 4.98 Å². The Labute approximate surface area is 125 Å². The second-order valence-electron chi connectivity index (χ2n) is 5.92. The predicted molar refractivity (Wildman–Crippen MR) is 85.1 cm³/mol. The first-order chi connectivity index (χ1) is 9.37. The Morgan fingerprint density at radius 3 is 2.30 bits per heavy atom. The van der Waals surface area contributed by atoms with Gasteiger partial charge >= 0.3 is 0 Å². The van der Waals surface area contributed by atoms with Crippen molar-refractivity contribution in [1.82, 2.24) is 4.98 Å². The third kappa shape index (κ3) is 3.84. The Kier molecular flexibility index (Phi) is 4.51. The molecule has 106 valence electrons. The topological polar surface area (TPSA) is 33.1 Å². The van der Waals surface area contributed by atoms with Crippen LogP contribution in [0.5, 0.6) is 0 Å². The number of pyridine rings is 1. The molecule has 1 aromatic carbocycles. The lowest BCUT2D eigenvalue weighted by Gasteiger charge is -2.19. The van der Waals surface area contributed by atoms with Crippen molar-refractivity contribution in [3.8, 4) is 0 Å². The van der Waals surface area contributed by atoms with E-state index in [0.29, 0.717) is 0 Å². The first kappa shape index (κ1) is 15.1. The van der Waals surface area contributed by atoms with Gasteiger partial charge in [0.05, 0.1) is 5.03 Å². The molecule has 0 fully saturated rings. The number of benzene rings is 1. The van der Waals surface area contributed by atoms with Gasteiger partial charge in [0.1, 0.15) is 6.10 Å². The van der Waals surface area contributed by atoms with Crippen molar-refractivity contribution in [3.05, 3.63) is 59.3 Å². The van der Waals surface area contributed by atoms with Gasteiger partial charge in [-0.15, -0.1) is 11.8 Å². The molecule has 2 aromatic rings. The van der Waals surface area contributed by atoms with Crippen LogP contribution in [0.15, 0.2) is 47.6 Å². The minimum Gasteiger partial charge on any atom is -0.384 e. The molecule has 0 saturated carbocycles. The molecule has 0 aliphatic heterocycles. The molecule has 0 aliphatic carbocycles. The van der Waals surface area contributed by atoms with Crippen molar-refractivity contribution in [2.45, 2.75) is 43.6 Å². The molecular weight excluding hydrogens is 266 g/mol. The summed E-state index contributed by atoms with van der Waals surface area (Å²) in [6, 6.07) is 11.7. The molecule has 1 heterocycles. The summed E-state index contributed by atoms with van der Waals surface area (Å²) in [7, 11) is 0. The number of aromatic nitrogens is 1. The minimum absolute atomic E-state index is 0.136. The van der Waals surface area contributed by atoms with E-state index in [1.165, 1.54) is 0 Å². The van der Waals surface area contributed by atoms with Crippen molar-refractivity contribution < 1.29 is 5.11 Å². The van der Waals surface area contributed by atoms with E-state index >= 15 is 0 Å². The van der Waals surface area contributed by atoms with E-state index in [4.69, 9.17) is 0 Å². The number of rotatable bonds is 3. The number of aliphatic hydroxyl groups excluding tert-OH is 1. The summed E-state index contributed by atoms with van der Waals surface area (Å²) >= 11 is 1.75. The second kappa shape index (κ2) is 5.98. The van der Waals surface area contributed by atoms with Gasteiger partial charge in [0, 0.05) is 16.5 Å². The molecule has 0 bridgehead atoms. The highest BCUT2D eigenvalue weighted by Crippen LogP contribution is 2.33. The maximum atomic E-state index is 10.4. The first-order valence-corrected chi connectivity index (χ1v) is 7.57. The van der Waals surface area contributed by atoms with Crippen LogP contribution in [-0.4, -0.2) is 14.8 Å². The number of aliphatic hydroxyl groups is 1. The van der Waals surface area contributed by atoms with Crippen LogP contribution in [0, 0.1) is 6.92 Å². The van der Waals surface area contributed by atoms with Gasteiger partial charge in [0.2, 0.25) is 0 Å². The number of aryl methyl sites for hydroxylation is 1. The maximum Gasteiger partial charge on any atom is 0.106 e. The van der Waals surface area contributed by atoms with Crippen LogP contribution in [0.2, 0.25) is 0 Å². The lowest BCUT2D eigenvalue weighted by atomic mass is 10.0. The van der Waals surface area contributed by atoms with Crippen molar-refractivity contribution in [3.63, 3.8) is 0 Å². The van der Waals surface area contributed by atoms with Crippen LogP contribution in [-0.2, 0) is 0 Å². The average Bonchev–Trinajstić information content (AvgIpc) is 2.40. The summed E-state index contributed by atoms with van der Waals surface area (Å²) in [6.45, 7) is 8.56. The van der Waals surface area contributed by atoms with E-state index in [1.807, 2.05) is 43.3 Å². The van der Waals surface area contributed by atoms with Crippen LogP contribution in [0.3, 0.4) is 0 Å². The molecule has 1 atom stereocenters. The quantitative estimate of drug-likeness (QED) is 0.851. The molecule has 0 radical (unpaired) electrons. The lowest BCUT2D eigenvalue weighted by molar-refractivity contribution is 0.219. The summed E-state index contributed by atoms with van der Waals surface area (Å²) < 4.78 is 0.136. The normalized spacial score (nSPS) is 13.2.